The standard InChI is InChI=1S/C18H17F3N4O/c1-3-8-26-14-7-5-4-6-12(14)10-22-16-15-13(18(19,20)21)9-11(2)23-17(15)25-24-16/h3-7,9H,1,8,10H2,2H3,(H2,22,23,24,25). The Morgan fingerprint density at radius 2 is 2.08 bits per heavy atom. The number of H-pyrrole nitrogens is 1. The molecule has 0 aliphatic heterocycles. The highest BCUT2D eigenvalue weighted by Crippen LogP contribution is 2.37. The maximum atomic E-state index is 13.4. The highest BCUT2D eigenvalue weighted by molar-refractivity contribution is 5.91. The second-order valence-electron chi connectivity index (χ2n) is 5.67. The SMILES string of the molecule is C=CCOc1ccccc1CNc1n[nH]c2nc(C)cc(C(F)(F)F)c12. The molecule has 1 aromatic carbocycles. The number of fused-ring (bicyclic) bond motifs is 1. The summed E-state index contributed by atoms with van der Waals surface area (Å²) in [5.41, 5.74) is 0.380. The minimum absolute atomic E-state index is 0.0763. The second kappa shape index (κ2) is 7.07. The monoisotopic (exact) mass is 362 g/mol. The summed E-state index contributed by atoms with van der Waals surface area (Å²) < 4.78 is 45.7. The van der Waals surface area contributed by atoms with Crippen molar-refractivity contribution in [2.75, 3.05) is 11.9 Å². The molecule has 2 heterocycles. The van der Waals surface area contributed by atoms with Gasteiger partial charge in [-0.25, -0.2) is 4.98 Å². The zero-order chi connectivity index (χ0) is 18.7. The minimum Gasteiger partial charge on any atom is -0.489 e. The van der Waals surface area contributed by atoms with E-state index in [2.05, 4.69) is 27.1 Å². The number of aryl methyl sites for hydroxylation is 1. The van der Waals surface area contributed by atoms with E-state index in [1.165, 1.54) is 6.92 Å². The molecule has 0 saturated carbocycles. The number of hydrogen-bond donors (Lipinski definition) is 2. The predicted octanol–water partition coefficient (Wildman–Crippen LogP) is 4.46. The minimum atomic E-state index is -4.50. The molecule has 0 fully saturated rings. The molecule has 0 amide bonds. The lowest BCUT2D eigenvalue weighted by atomic mass is 10.1. The van der Waals surface area contributed by atoms with Gasteiger partial charge in [-0.15, -0.1) is 0 Å². The number of para-hydroxylation sites is 1. The van der Waals surface area contributed by atoms with Crippen LogP contribution in [0.5, 0.6) is 5.75 Å². The van der Waals surface area contributed by atoms with Crippen molar-refractivity contribution in [1.29, 1.82) is 0 Å². The van der Waals surface area contributed by atoms with Crippen LogP contribution < -0.4 is 10.1 Å². The van der Waals surface area contributed by atoms with Gasteiger partial charge in [0.1, 0.15) is 12.4 Å². The van der Waals surface area contributed by atoms with Crippen LogP contribution in [0.4, 0.5) is 19.0 Å². The van der Waals surface area contributed by atoms with Gasteiger partial charge in [0, 0.05) is 17.8 Å². The molecular weight excluding hydrogens is 345 g/mol. The maximum Gasteiger partial charge on any atom is 0.417 e. The number of rotatable bonds is 6. The van der Waals surface area contributed by atoms with Gasteiger partial charge in [-0.3, -0.25) is 5.10 Å². The number of nitrogens with one attached hydrogen (secondary N) is 2. The van der Waals surface area contributed by atoms with E-state index < -0.39 is 11.7 Å². The van der Waals surface area contributed by atoms with Crippen molar-refractivity contribution in [2.24, 2.45) is 0 Å². The molecule has 5 nitrogen and oxygen atoms in total. The Bertz CT molecular complexity index is 934. The van der Waals surface area contributed by atoms with Crippen molar-refractivity contribution in [1.82, 2.24) is 15.2 Å². The lowest BCUT2D eigenvalue weighted by Gasteiger charge is -2.12. The molecule has 0 unspecified atom stereocenters. The molecule has 8 heteroatoms. The number of halogens is 3. The summed E-state index contributed by atoms with van der Waals surface area (Å²) in [6.45, 7) is 5.69. The van der Waals surface area contributed by atoms with E-state index in [1.807, 2.05) is 18.2 Å². The summed E-state index contributed by atoms with van der Waals surface area (Å²) in [4.78, 5) is 4.09. The molecule has 0 radical (unpaired) electrons. The average Bonchev–Trinajstić information content (AvgIpc) is 2.99. The van der Waals surface area contributed by atoms with Crippen LogP contribution in [-0.2, 0) is 12.7 Å². The molecule has 136 valence electrons. The molecule has 2 aromatic heterocycles. The van der Waals surface area contributed by atoms with Crippen molar-refractivity contribution in [2.45, 2.75) is 19.6 Å². The predicted molar refractivity (Wildman–Crippen MR) is 93.1 cm³/mol. The third kappa shape index (κ3) is 3.63. The van der Waals surface area contributed by atoms with E-state index in [9.17, 15) is 13.2 Å². The zero-order valence-electron chi connectivity index (χ0n) is 14.0. The Labute approximate surface area is 147 Å². The third-order valence-corrected chi connectivity index (χ3v) is 3.74. The Hall–Kier alpha value is -3.03. The van der Waals surface area contributed by atoms with Gasteiger partial charge in [-0.2, -0.15) is 18.3 Å². The Kier molecular flexibility index (Phi) is 4.83. The summed E-state index contributed by atoms with van der Waals surface area (Å²) in [5.74, 6) is 0.725. The molecule has 0 spiro atoms. The number of hydrogen-bond acceptors (Lipinski definition) is 4. The number of ether oxygens (including phenoxy) is 1. The van der Waals surface area contributed by atoms with Crippen molar-refractivity contribution in [3.8, 4) is 5.75 Å². The summed E-state index contributed by atoms with van der Waals surface area (Å²) in [6.07, 6.45) is -2.88. The van der Waals surface area contributed by atoms with E-state index in [4.69, 9.17) is 4.74 Å². The van der Waals surface area contributed by atoms with Gasteiger partial charge < -0.3 is 10.1 Å². The molecule has 26 heavy (non-hydrogen) atoms. The van der Waals surface area contributed by atoms with Gasteiger partial charge >= 0.3 is 6.18 Å². The zero-order valence-corrected chi connectivity index (χ0v) is 14.0. The van der Waals surface area contributed by atoms with Gasteiger partial charge in [0.25, 0.3) is 0 Å². The Morgan fingerprint density at radius 3 is 2.81 bits per heavy atom. The molecule has 0 aliphatic carbocycles. The van der Waals surface area contributed by atoms with Crippen LogP contribution in [0.25, 0.3) is 11.0 Å². The lowest BCUT2D eigenvalue weighted by Crippen LogP contribution is -2.09. The van der Waals surface area contributed by atoms with Crippen LogP contribution in [0, 0.1) is 6.92 Å². The first kappa shape index (κ1) is 17.8. The van der Waals surface area contributed by atoms with Crippen LogP contribution in [-0.4, -0.2) is 21.8 Å². The molecular formula is C18H17F3N4O. The van der Waals surface area contributed by atoms with Crippen LogP contribution in [0.1, 0.15) is 16.8 Å². The van der Waals surface area contributed by atoms with Crippen molar-refractivity contribution in [3.63, 3.8) is 0 Å². The highest BCUT2D eigenvalue weighted by Gasteiger charge is 2.35. The summed E-state index contributed by atoms with van der Waals surface area (Å²) >= 11 is 0. The van der Waals surface area contributed by atoms with Gasteiger partial charge in [-0.1, -0.05) is 30.9 Å². The average molecular weight is 362 g/mol. The fourth-order valence-corrected chi connectivity index (χ4v) is 2.63. The molecule has 0 aliphatic rings. The van der Waals surface area contributed by atoms with E-state index in [-0.39, 0.29) is 29.1 Å². The molecule has 0 bridgehead atoms. The quantitative estimate of drug-likeness (QED) is 0.636. The summed E-state index contributed by atoms with van der Waals surface area (Å²) in [5, 5.41) is 9.39. The van der Waals surface area contributed by atoms with Crippen LogP contribution >= 0.6 is 0 Å². The largest absolute Gasteiger partial charge is 0.489 e. The van der Waals surface area contributed by atoms with Crippen LogP contribution in [0.15, 0.2) is 43.0 Å². The third-order valence-electron chi connectivity index (χ3n) is 3.74. The fraction of sp³-hybridized carbons (Fsp3) is 0.222. The first-order chi connectivity index (χ1) is 12.4. The first-order valence-corrected chi connectivity index (χ1v) is 7.88. The maximum absolute atomic E-state index is 13.4. The van der Waals surface area contributed by atoms with Gasteiger partial charge in [0.15, 0.2) is 11.5 Å². The molecule has 0 atom stereocenters. The number of anilines is 1. The summed E-state index contributed by atoms with van der Waals surface area (Å²) in [6, 6.07) is 8.28. The first-order valence-electron chi connectivity index (χ1n) is 7.88. The molecule has 3 rings (SSSR count). The Morgan fingerprint density at radius 1 is 1.31 bits per heavy atom. The van der Waals surface area contributed by atoms with E-state index >= 15 is 0 Å². The smallest absolute Gasteiger partial charge is 0.417 e. The number of benzene rings is 1. The van der Waals surface area contributed by atoms with Gasteiger partial charge in [0.05, 0.1) is 10.9 Å². The van der Waals surface area contributed by atoms with E-state index in [1.54, 1.807) is 12.1 Å². The fourth-order valence-electron chi connectivity index (χ4n) is 2.63. The molecule has 0 saturated heterocycles. The van der Waals surface area contributed by atoms with Crippen molar-refractivity contribution in [3.05, 3.63) is 59.8 Å². The number of alkyl halides is 3. The van der Waals surface area contributed by atoms with Crippen molar-refractivity contribution >= 4 is 16.9 Å². The lowest BCUT2D eigenvalue weighted by molar-refractivity contribution is -0.136. The second-order valence-corrected chi connectivity index (χ2v) is 5.67. The summed E-state index contributed by atoms with van der Waals surface area (Å²) in [7, 11) is 0. The van der Waals surface area contributed by atoms with Crippen molar-refractivity contribution < 1.29 is 17.9 Å². The Balaban J connectivity index is 1.92. The molecule has 2 N–H and O–H groups in total. The van der Waals surface area contributed by atoms with Gasteiger partial charge in [-0.05, 0) is 19.1 Å². The number of aromatic amines is 1. The normalized spacial score (nSPS) is 11.5. The van der Waals surface area contributed by atoms with Gasteiger partial charge in [0.2, 0.25) is 0 Å². The van der Waals surface area contributed by atoms with E-state index in [0.29, 0.717) is 12.4 Å². The number of pyridine rings is 1. The number of aromatic nitrogens is 3. The number of nitrogens with zero attached hydrogens (tertiary/aromatic N) is 2. The van der Waals surface area contributed by atoms with E-state index in [0.717, 1.165) is 11.6 Å². The topological polar surface area (TPSA) is 62.8 Å². The molecule has 3 aromatic rings. The van der Waals surface area contributed by atoms with Crippen LogP contribution in [0.3, 0.4) is 0 Å². The highest BCUT2D eigenvalue weighted by atomic mass is 19.4. The van der Waals surface area contributed by atoms with Crippen LogP contribution in [0.2, 0.25) is 0 Å².